The Morgan fingerprint density at radius 2 is 2.29 bits per heavy atom. The zero-order valence-corrected chi connectivity index (χ0v) is 10.8. The molecule has 0 radical (unpaired) electrons. The van der Waals surface area contributed by atoms with Gasteiger partial charge in [-0.3, -0.25) is 9.48 Å². The van der Waals surface area contributed by atoms with Gasteiger partial charge in [0.15, 0.2) is 6.29 Å². The second kappa shape index (κ2) is 5.14. The number of halogens is 1. The molecule has 4 nitrogen and oxygen atoms in total. The molecule has 5 heteroatoms. The normalized spacial score (nSPS) is 10.2. The van der Waals surface area contributed by atoms with Crippen LogP contribution in [0.5, 0.6) is 5.75 Å². The van der Waals surface area contributed by atoms with Crippen molar-refractivity contribution in [1.29, 1.82) is 0 Å². The predicted molar refractivity (Wildman–Crippen MR) is 67.1 cm³/mol. The first kappa shape index (κ1) is 11.9. The van der Waals surface area contributed by atoms with Gasteiger partial charge >= 0.3 is 0 Å². The number of rotatable bonds is 4. The minimum atomic E-state index is 0.338. The van der Waals surface area contributed by atoms with Gasteiger partial charge in [-0.1, -0.05) is 6.07 Å². The average Bonchev–Trinajstić information content (AvgIpc) is 2.73. The van der Waals surface area contributed by atoms with E-state index in [2.05, 4.69) is 21.0 Å². The Balaban J connectivity index is 2.16. The first-order valence-corrected chi connectivity index (χ1v) is 5.85. The zero-order chi connectivity index (χ0) is 12.3. The Kier molecular flexibility index (Phi) is 3.58. The molecule has 0 N–H and O–H groups in total. The summed E-state index contributed by atoms with van der Waals surface area (Å²) in [6, 6.07) is 7.21. The van der Waals surface area contributed by atoms with E-state index in [1.807, 2.05) is 25.4 Å². The number of carbonyl (C=O) groups excluding carboxylic acids is 1. The van der Waals surface area contributed by atoms with Gasteiger partial charge in [0.05, 0.1) is 15.7 Å². The monoisotopic (exact) mass is 294 g/mol. The van der Waals surface area contributed by atoms with Gasteiger partial charge in [0, 0.05) is 13.2 Å². The van der Waals surface area contributed by atoms with Crippen molar-refractivity contribution < 1.29 is 9.53 Å². The molecule has 0 bridgehead atoms. The molecule has 0 fully saturated rings. The molecule has 1 aromatic carbocycles. The molecule has 0 atom stereocenters. The molecule has 2 rings (SSSR count). The van der Waals surface area contributed by atoms with Crippen molar-refractivity contribution >= 4 is 22.2 Å². The Bertz CT molecular complexity index is 537. The number of hydrogen-bond donors (Lipinski definition) is 0. The van der Waals surface area contributed by atoms with Gasteiger partial charge in [-0.2, -0.15) is 5.10 Å². The van der Waals surface area contributed by atoms with E-state index in [-0.39, 0.29) is 0 Å². The third kappa shape index (κ3) is 2.74. The van der Waals surface area contributed by atoms with Gasteiger partial charge in [-0.05, 0) is 34.1 Å². The molecule has 0 saturated heterocycles. The Hall–Kier alpha value is -1.62. The summed E-state index contributed by atoms with van der Waals surface area (Å²) >= 11 is 3.36. The van der Waals surface area contributed by atoms with Crippen LogP contribution in [0.2, 0.25) is 0 Å². The predicted octanol–water partition coefficient (Wildman–Crippen LogP) is 2.57. The second-order valence-electron chi connectivity index (χ2n) is 3.55. The average molecular weight is 295 g/mol. The number of benzene rings is 1. The van der Waals surface area contributed by atoms with E-state index in [1.165, 1.54) is 0 Å². The van der Waals surface area contributed by atoms with Crippen molar-refractivity contribution in [3.8, 4) is 5.75 Å². The Morgan fingerprint density at radius 3 is 2.94 bits per heavy atom. The molecule has 1 aromatic heterocycles. The van der Waals surface area contributed by atoms with Crippen LogP contribution in [-0.2, 0) is 13.7 Å². The highest BCUT2D eigenvalue weighted by atomic mass is 79.9. The lowest BCUT2D eigenvalue weighted by Gasteiger charge is -2.08. The molecule has 0 spiro atoms. The molecule has 0 aliphatic carbocycles. The van der Waals surface area contributed by atoms with Crippen LogP contribution in [-0.4, -0.2) is 16.1 Å². The molecule has 17 heavy (non-hydrogen) atoms. The minimum Gasteiger partial charge on any atom is -0.485 e. The van der Waals surface area contributed by atoms with E-state index >= 15 is 0 Å². The third-order valence-corrected chi connectivity index (χ3v) is 2.88. The largest absolute Gasteiger partial charge is 0.485 e. The number of aromatic nitrogens is 2. The topological polar surface area (TPSA) is 44.1 Å². The summed E-state index contributed by atoms with van der Waals surface area (Å²) in [5.74, 6) is 0.549. The number of ether oxygens (including phenoxy) is 1. The van der Waals surface area contributed by atoms with E-state index in [0.717, 1.165) is 16.5 Å². The van der Waals surface area contributed by atoms with Gasteiger partial charge in [0.25, 0.3) is 0 Å². The highest BCUT2D eigenvalue weighted by Crippen LogP contribution is 2.28. The first-order valence-electron chi connectivity index (χ1n) is 5.05. The molecule has 1 heterocycles. The number of nitrogens with zero attached hydrogens (tertiary/aromatic N) is 2. The van der Waals surface area contributed by atoms with Gasteiger partial charge in [-0.15, -0.1) is 0 Å². The maximum absolute atomic E-state index is 10.9. The number of aryl methyl sites for hydroxylation is 1. The van der Waals surface area contributed by atoms with Gasteiger partial charge in [-0.25, -0.2) is 0 Å². The molecule has 0 amide bonds. The van der Waals surface area contributed by atoms with Gasteiger partial charge in [0.1, 0.15) is 12.4 Å². The van der Waals surface area contributed by atoms with E-state index in [4.69, 9.17) is 4.74 Å². The van der Waals surface area contributed by atoms with Crippen LogP contribution in [0.3, 0.4) is 0 Å². The van der Waals surface area contributed by atoms with Crippen LogP contribution < -0.4 is 4.74 Å². The first-order chi connectivity index (χ1) is 8.20. The molecule has 0 unspecified atom stereocenters. The summed E-state index contributed by atoms with van der Waals surface area (Å²) in [4.78, 5) is 10.9. The minimum absolute atomic E-state index is 0.338. The van der Waals surface area contributed by atoms with Crippen LogP contribution >= 0.6 is 15.9 Å². The smallest absolute Gasteiger partial charge is 0.153 e. The molecule has 0 aliphatic heterocycles. The highest BCUT2D eigenvalue weighted by Gasteiger charge is 2.08. The molecule has 0 saturated carbocycles. The quantitative estimate of drug-likeness (QED) is 0.814. The Labute approximate surface area is 107 Å². The van der Waals surface area contributed by atoms with Crippen LogP contribution in [0.25, 0.3) is 0 Å². The van der Waals surface area contributed by atoms with Crippen molar-refractivity contribution in [2.75, 3.05) is 0 Å². The number of para-hydroxylation sites is 1. The fourth-order valence-electron chi connectivity index (χ4n) is 1.46. The summed E-state index contributed by atoms with van der Waals surface area (Å²) in [5, 5.41) is 4.20. The maximum atomic E-state index is 10.9. The third-order valence-electron chi connectivity index (χ3n) is 2.26. The van der Waals surface area contributed by atoms with Gasteiger partial charge < -0.3 is 4.74 Å². The van der Waals surface area contributed by atoms with Crippen molar-refractivity contribution in [1.82, 2.24) is 9.78 Å². The van der Waals surface area contributed by atoms with E-state index in [1.54, 1.807) is 16.8 Å². The van der Waals surface area contributed by atoms with Crippen molar-refractivity contribution in [3.63, 3.8) is 0 Å². The zero-order valence-electron chi connectivity index (χ0n) is 9.26. The fourth-order valence-corrected chi connectivity index (χ4v) is 1.95. The molecule has 0 aliphatic rings. The van der Waals surface area contributed by atoms with Crippen LogP contribution in [0.15, 0.2) is 34.9 Å². The van der Waals surface area contributed by atoms with Crippen molar-refractivity contribution in [2.24, 2.45) is 7.05 Å². The summed E-state index contributed by atoms with van der Waals surface area (Å²) in [5.41, 5.74) is 1.34. The summed E-state index contributed by atoms with van der Waals surface area (Å²) in [7, 11) is 1.85. The van der Waals surface area contributed by atoms with Crippen molar-refractivity contribution in [2.45, 2.75) is 6.61 Å². The number of carbonyl (C=O) groups is 1. The number of hydrogen-bond acceptors (Lipinski definition) is 3. The standard InChI is InChI=1S/C12H11BrN2O2/c1-15-6-5-10(14-15)8-17-12-9(7-16)3-2-4-11(12)13/h2-7H,8H2,1H3. The van der Waals surface area contributed by atoms with E-state index < -0.39 is 0 Å². The van der Waals surface area contributed by atoms with Gasteiger partial charge in [0.2, 0.25) is 0 Å². The highest BCUT2D eigenvalue weighted by molar-refractivity contribution is 9.10. The maximum Gasteiger partial charge on any atom is 0.153 e. The SMILES string of the molecule is Cn1ccc(COc2c(Br)cccc2C=O)n1. The van der Waals surface area contributed by atoms with E-state index in [0.29, 0.717) is 17.9 Å². The number of aldehydes is 1. The molecule has 2 aromatic rings. The Morgan fingerprint density at radius 1 is 1.47 bits per heavy atom. The molecular formula is C12H11BrN2O2. The summed E-state index contributed by atoms with van der Waals surface area (Å²) in [6.07, 6.45) is 2.62. The van der Waals surface area contributed by atoms with E-state index in [9.17, 15) is 4.79 Å². The fraction of sp³-hybridized carbons (Fsp3) is 0.167. The molecular weight excluding hydrogens is 284 g/mol. The molecule has 88 valence electrons. The van der Waals surface area contributed by atoms with Crippen LogP contribution in [0, 0.1) is 0 Å². The van der Waals surface area contributed by atoms with Crippen molar-refractivity contribution in [3.05, 3.63) is 46.2 Å². The lowest BCUT2D eigenvalue weighted by atomic mass is 10.2. The van der Waals surface area contributed by atoms with Crippen LogP contribution in [0.4, 0.5) is 0 Å². The van der Waals surface area contributed by atoms with Crippen LogP contribution in [0.1, 0.15) is 16.1 Å². The summed E-state index contributed by atoms with van der Waals surface area (Å²) < 4.78 is 8.07. The summed E-state index contributed by atoms with van der Waals surface area (Å²) in [6.45, 7) is 0.338. The lowest BCUT2D eigenvalue weighted by molar-refractivity contribution is 0.111. The lowest BCUT2D eigenvalue weighted by Crippen LogP contribution is -2.00. The second-order valence-corrected chi connectivity index (χ2v) is 4.40.